The summed E-state index contributed by atoms with van der Waals surface area (Å²) >= 11 is 1.58. The molecule has 10 heavy (non-hydrogen) atoms. The first-order valence-corrected chi connectivity index (χ1v) is 3.75. The van der Waals surface area contributed by atoms with Crippen molar-refractivity contribution in [2.45, 2.75) is 0 Å². The van der Waals surface area contributed by atoms with Gasteiger partial charge in [0.15, 0.2) is 0 Å². The van der Waals surface area contributed by atoms with Gasteiger partial charge in [-0.2, -0.15) is 0 Å². The molecular weight excluding hydrogens is 247 g/mol. The van der Waals surface area contributed by atoms with Crippen LogP contribution in [0.5, 0.6) is 0 Å². The highest BCUT2D eigenvalue weighted by atomic mass is 127. The average molecular weight is 256 g/mol. The molecule has 0 saturated heterocycles. The van der Waals surface area contributed by atoms with Crippen LogP contribution < -0.4 is 5.32 Å². The number of amides is 2. The summed E-state index contributed by atoms with van der Waals surface area (Å²) in [7, 11) is 3.28. The molecular formula is C5H9IN2O2. The number of halogens is 1. The zero-order chi connectivity index (χ0) is 8.15. The van der Waals surface area contributed by atoms with Crippen LogP contribution in [0, 0.1) is 0 Å². The molecule has 0 aromatic rings. The number of nitrogens with zero attached hydrogens (tertiary/aromatic N) is 1. The Morgan fingerprint density at radius 1 is 1.50 bits per heavy atom. The highest BCUT2D eigenvalue weighted by Crippen LogP contribution is 1.83. The van der Waals surface area contributed by atoms with E-state index >= 15 is 0 Å². The Morgan fingerprint density at radius 2 is 2.00 bits per heavy atom. The molecule has 0 spiro atoms. The molecule has 1 N–H and O–H groups in total. The molecule has 0 rings (SSSR count). The van der Waals surface area contributed by atoms with Crippen LogP contribution in [-0.4, -0.2) is 35.4 Å². The van der Waals surface area contributed by atoms with Gasteiger partial charge < -0.3 is 10.2 Å². The molecule has 0 unspecified atom stereocenters. The van der Waals surface area contributed by atoms with E-state index in [0.717, 1.165) is 0 Å². The second-order valence-electron chi connectivity index (χ2n) is 1.92. The minimum absolute atomic E-state index is 0.0781. The van der Waals surface area contributed by atoms with Gasteiger partial charge in [0.05, 0.1) is 6.54 Å². The van der Waals surface area contributed by atoms with E-state index < -0.39 is 0 Å². The summed E-state index contributed by atoms with van der Waals surface area (Å²) in [6, 6.07) is 0. The predicted octanol–water partition coefficient (Wildman–Crippen LogP) is 0.219. The van der Waals surface area contributed by atoms with Gasteiger partial charge in [-0.05, 0) is 0 Å². The molecule has 0 atom stereocenters. The Labute approximate surface area is 73.1 Å². The van der Waals surface area contributed by atoms with Gasteiger partial charge in [0, 0.05) is 36.7 Å². The maximum atomic E-state index is 10.8. The zero-order valence-electron chi connectivity index (χ0n) is 5.85. The Bertz CT molecular complexity index is 147. The van der Waals surface area contributed by atoms with Gasteiger partial charge in [0.25, 0.3) is 3.91 Å². The zero-order valence-corrected chi connectivity index (χ0v) is 8.01. The van der Waals surface area contributed by atoms with Crippen molar-refractivity contribution in [2.24, 2.45) is 0 Å². The molecule has 0 fully saturated rings. The molecule has 4 nitrogen and oxygen atoms in total. The van der Waals surface area contributed by atoms with Gasteiger partial charge in [-0.25, -0.2) is 0 Å². The fourth-order valence-corrected chi connectivity index (χ4v) is 0.494. The minimum Gasteiger partial charge on any atom is -0.347 e. The maximum Gasteiger partial charge on any atom is 0.281 e. The highest BCUT2D eigenvalue weighted by Gasteiger charge is 2.03. The molecule has 0 aliphatic carbocycles. The van der Waals surface area contributed by atoms with Crippen LogP contribution in [-0.2, 0) is 4.79 Å². The van der Waals surface area contributed by atoms with Crippen molar-refractivity contribution in [1.82, 2.24) is 10.2 Å². The standard InChI is InChI=1S/C5H9IN2O2/c1-8(2)4(9)3-7-5(6)10/h3H2,1-2H3,(H,7,10). The molecule has 0 aromatic carbocycles. The fraction of sp³-hybridized carbons (Fsp3) is 0.600. The Morgan fingerprint density at radius 3 is 2.30 bits per heavy atom. The molecule has 0 aromatic heterocycles. The van der Waals surface area contributed by atoms with E-state index in [1.807, 2.05) is 0 Å². The molecule has 0 bridgehead atoms. The lowest BCUT2D eigenvalue weighted by atomic mass is 10.5. The van der Waals surface area contributed by atoms with Crippen molar-refractivity contribution in [1.29, 1.82) is 0 Å². The van der Waals surface area contributed by atoms with Crippen LogP contribution in [0.2, 0.25) is 0 Å². The number of likely N-dealkylation sites (N-methyl/N-ethyl adjacent to an activating group) is 1. The third kappa shape index (κ3) is 4.54. The van der Waals surface area contributed by atoms with E-state index in [-0.39, 0.29) is 16.4 Å². The predicted molar refractivity (Wildman–Crippen MR) is 46.1 cm³/mol. The smallest absolute Gasteiger partial charge is 0.281 e. The van der Waals surface area contributed by atoms with Gasteiger partial charge in [0.2, 0.25) is 5.91 Å². The molecule has 0 aliphatic rings. The number of carbonyl (C=O) groups excluding carboxylic acids is 2. The van der Waals surface area contributed by atoms with Gasteiger partial charge in [-0.15, -0.1) is 0 Å². The average Bonchev–Trinajstić information content (AvgIpc) is 1.82. The third-order valence-electron chi connectivity index (χ3n) is 0.877. The van der Waals surface area contributed by atoms with Crippen molar-refractivity contribution in [2.75, 3.05) is 20.6 Å². The molecule has 58 valence electrons. The quantitative estimate of drug-likeness (QED) is 0.436. The SMILES string of the molecule is CN(C)C(=O)CNC(=O)I. The normalized spacial score (nSPS) is 8.70. The number of hydrogen-bond donors (Lipinski definition) is 1. The molecule has 0 radical (unpaired) electrons. The van der Waals surface area contributed by atoms with E-state index in [1.54, 1.807) is 36.7 Å². The summed E-state index contributed by atoms with van der Waals surface area (Å²) in [5.74, 6) is -0.106. The van der Waals surface area contributed by atoms with Crippen LogP contribution in [0.1, 0.15) is 0 Å². The fourth-order valence-electron chi connectivity index (χ4n) is 0.303. The second kappa shape index (κ2) is 4.48. The van der Waals surface area contributed by atoms with Crippen LogP contribution in [0.4, 0.5) is 4.79 Å². The summed E-state index contributed by atoms with van der Waals surface area (Å²) < 4.78 is -0.215. The second-order valence-corrected chi connectivity index (χ2v) is 2.90. The highest BCUT2D eigenvalue weighted by molar-refractivity contribution is 14.1. The summed E-state index contributed by atoms with van der Waals surface area (Å²) in [5.41, 5.74) is 0. The van der Waals surface area contributed by atoms with E-state index in [2.05, 4.69) is 5.32 Å². The van der Waals surface area contributed by atoms with Crippen molar-refractivity contribution >= 4 is 32.4 Å². The Kier molecular flexibility index (Phi) is 4.33. The monoisotopic (exact) mass is 256 g/mol. The Hall–Kier alpha value is -0.330. The first-order valence-electron chi connectivity index (χ1n) is 2.67. The van der Waals surface area contributed by atoms with Gasteiger partial charge in [-0.1, -0.05) is 0 Å². The van der Waals surface area contributed by atoms with Crippen molar-refractivity contribution in [3.8, 4) is 0 Å². The third-order valence-corrected chi connectivity index (χ3v) is 1.26. The summed E-state index contributed by atoms with van der Waals surface area (Å²) in [4.78, 5) is 22.5. The van der Waals surface area contributed by atoms with Gasteiger partial charge in [0.1, 0.15) is 0 Å². The summed E-state index contributed by atoms with van der Waals surface area (Å²) in [5, 5.41) is 2.38. The molecule has 5 heteroatoms. The maximum absolute atomic E-state index is 10.8. The van der Waals surface area contributed by atoms with E-state index in [4.69, 9.17) is 0 Å². The first-order chi connectivity index (χ1) is 4.54. The first kappa shape index (κ1) is 9.67. The van der Waals surface area contributed by atoms with Crippen LogP contribution >= 0.6 is 22.6 Å². The lowest BCUT2D eigenvalue weighted by molar-refractivity contribution is -0.127. The van der Waals surface area contributed by atoms with Crippen molar-refractivity contribution in [3.63, 3.8) is 0 Å². The number of rotatable bonds is 2. The van der Waals surface area contributed by atoms with E-state index in [1.165, 1.54) is 4.90 Å². The lowest BCUT2D eigenvalue weighted by Gasteiger charge is -2.08. The van der Waals surface area contributed by atoms with Crippen LogP contribution in [0.15, 0.2) is 0 Å². The molecule has 0 aliphatic heterocycles. The minimum atomic E-state index is -0.215. The topological polar surface area (TPSA) is 49.4 Å². The largest absolute Gasteiger partial charge is 0.347 e. The lowest BCUT2D eigenvalue weighted by Crippen LogP contribution is -2.33. The Balaban J connectivity index is 3.50. The van der Waals surface area contributed by atoms with E-state index in [9.17, 15) is 9.59 Å². The van der Waals surface area contributed by atoms with Gasteiger partial charge >= 0.3 is 0 Å². The van der Waals surface area contributed by atoms with Crippen LogP contribution in [0.3, 0.4) is 0 Å². The number of carbonyl (C=O) groups is 2. The van der Waals surface area contributed by atoms with Crippen molar-refractivity contribution < 1.29 is 9.59 Å². The molecule has 0 saturated carbocycles. The van der Waals surface area contributed by atoms with Crippen molar-refractivity contribution in [3.05, 3.63) is 0 Å². The molecule has 2 amide bonds. The number of nitrogens with one attached hydrogen (secondary N) is 1. The summed E-state index contributed by atoms with van der Waals surface area (Å²) in [6.07, 6.45) is 0. The number of hydrogen-bond acceptors (Lipinski definition) is 2. The molecule has 0 heterocycles. The van der Waals surface area contributed by atoms with Crippen LogP contribution in [0.25, 0.3) is 0 Å². The van der Waals surface area contributed by atoms with E-state index in [0.29, 0.717) is 0 Å². The van der Waals surface area contributed by atoms with Gasteiger partial charge in [-0.3, -0.25) is 9.59 Å². The summed E-state index contributed by atoms with van der Waals surface area (Å²) in [6.45, 7) is 0.0781.